The smallest absolute Gasteiger partial charge is 0.332 e. The molecule has 5 nitrogen and oxygen atoms in total. The third-order valence-corrected chi connectivity index (χ3v) is 2.51. The van der Waals surface area contributed by atoms with Gasteiger partial charge in [0, 0.05) is 24.5 Å². The molecule has 2 amide bonds. The second-order valence-corrected chi connectivity index (χ2v) is 3.64. The second kappa shape index (κ2) is 4.65. The molecule has 1 aromatic heterocycles. The van der Waals surface area contributed by atoms with Crippen molar-refractivity contribution in [3.8, 4) is 0 Å². The van der Waals surface area contributed by atoms with Gasteiger partial charge in [0.25, 0.3) is 0 Å². The van der Waals surface area contributed by atoms with Crippen LogP contribution in [0, 0.1) is 0 Å². The van der Waals surface area contributed by atoms with E-state index in [0.29, 0.717) is 6.42 Å². The van der Waals surface area contributed by atoms with Crippen molar-refractivity contribution in [2.75, 3.05) is 0 Å². The minimum absolute atomic E-state index is 0.646. The molecule has 0 fully saturated rings. The number of hydrogen-bond donors (Lipinski definition) is 3. The molecule has 84 valence electrons. The molecule has 0 radical (unpaired) electrons. The lowest BCUT2D eigenvalue weighted by molar-refractivity contribution is 0.249. The highest BCUT2D eigenvalue weighted by Gasteiger charge is 2.09. The van der Waals surface area contributed by atoms with Crippen LogP contribution >= 0.6 is 0 Å². The highest BCUT2D eigenvalue weighted by atomic mass is 16.2. The molecule has 0 saturated carbocycles. The van der Waals surface area contributed by atoms with E-state index in [1.165, 1.54) is 16.8 Å². The lowest BCUT2D eigenvalue weighted by atomic mass is 10.0. The van der Waals surface area contributed by atoms with Crippen LogP contribution in [0.5, 0.6) is 0 Å². The number of allylic oxidation sites excluding steroid dienone is 1. The molecule has 0 aromatic carbocycles. The van der Waals surface area contributed by atoms with E-state index in [1.807, 2.05) is 6.20 Å². The Morgan fingerprint density at radius 1 is 1.69 bits per heavy atom. The first-order chi connectivity index (χ1) is 7.77. The largest absolute Gasteiger partial charge is 0.364 e. The number of hydrazone groups is 1. The fraction of sp³-hybridized carbons (Fsp3) is 0.273. The molecular weight excluding hydrogens is 204 g/mol. The zero-order valence-corrected chi connectivity index (χ0v) is 8.86. The summed E-state index contributed by atoms with van der Waals surface area (Å²) in [5.74, 6) is 0. The molecule has 0 aliphatic heterocycles. The molecule has 0 bridgehead atoms. The number of hydrogen-bond acceptors (Lipinski definition) is 2. The monoisotopic (exact) mass is 218 g/mol. The summed E-state index contributed by atoms with van der Waals surface area (Å²) in [5, 5.41) is 3.71. The SMILES string of the molecule is NC(=O)N/N=C\Cc1c[nH]c2c1C=CCC2. The van der Waals surface area contributed by atoms with E-state index in [1.54, 1.807) is 6.21 Å². The summed E-state index contributed by atoms with van der Waals surface area (Å²) in [6.07, 6.45) is 10.7. The number of nitrogens with zero attached hydrogens (tertiary/aromatic N) is 1. The highest BCUT2D eigenvalue weighted by molar-refractivity contribution is 5.73. The lowest BCUT2D eigenvalue weighted by Crippen LogP contribution is -2.24. The topological polar surface area (TPSA) is 83.3 Å². The van der Waals surface area contributed by atoms with Gasteiger partial charge in [0.2, 0.25) is 0 Å². The number of aromatic amines is 1. The Labute approximate surface area is 93.4 Å². The molecule has 0 saturated heterocycles. The molecule has 1 heterocycles. The Kier molecular flexibility index (Phi) is 3.05. The summed E-state index contributed by atoms with van der Waals surface area (Å²) in [4.78, 5) is 13.6. The maximum Gasteiger partial charge on any atom is 0.332 e. The van der Waals surface area contributed by atoms with Crippen LogP contribution in [0.15, 0.2) is 17.4 Å². The first-order valence-electron chi connectivity index (χ1n) is 5.20. The molecule has 5 heteroatoms. The zero-order chi connectivity index (χ0) is 11.4. The van der Waals surface area contributed by atoms with Gasteiger partial charge in [0.15, 0.2) is 0 Å². The molecule has 16 heavy (non-hydrogen) atoms. The second-order valence-electron chi connectivity index (χ2n) is 3.64. The van der Waals surface area contributed by atoms with E-state index >= 15 is 0 Å². The minimum Gasteiger partial charge on any atom is -0.364 e. The average Bonchev–Trinajstić information content (AvgIpc) is 2.68. The Balaban J connectivity index is 2.01. The first kappa shape index (κ1) is 10.5. The van der Waals surface area contributed by atoms with Crippen molar-refractivity contribution in [1.29, 1.82) is 0 Å². The highest BCUT2D eigenvalue weighted by Crippen LogP contribution is 2.21. The normalized spacial score (nSPS) is 14.0. The Morgan fingerprint density at radius 2 is 2.56 bits per heavy atom. The standard InChI is InChI=1S/C11H14N4O/c12-11(16)15-14-6-5-8-7-13-10-4-2-1-3-9(8)10/h1,3,6-7,13H,2,4-5H2,(H3,12,15,16)/b14-6-. The predicted molar refractivity (Wildman–Crippen MR) is 63.1 cm³/mol. The van der Waals surface area contributed by atoms with Crippen molar-refractivity contribution < 1.29 is 4.79 Å². The molecule has 1 aromatic rings. The molecule has 0 spiro atoms. The van der Waals surface area contributed by atoms with E-state index in [0.717, 1.165) is 12.8 Å². The van der Waals surface area contributed by atoms with Crippen molar-refractivity contribution >= 4 is 18.3 Å². The van der Waals surface area contributed by atoms with Crippen molar-refractivity contribution in [1.82, 2.24) is 10.4 Å². The Morgan fingerprint density at radius 3 is 3.38 bits per heavy atom. The summed E-state index contributed by atoms with van der Waals surface area (Å²) >= 11 is 0. The number of nitrogens with two attached hydrogens (primary N) is 1. The quantitative estimate of drug-likeness (QED) is 0.516. The number of primary amides is 1. The van der Waals surface area contributed by atoms with Gasteiger partial charge in [-0.1, -0.05) is 12.2 Å². The lowest BCUT2D eigenvalue weighted by Gasteiger charge is -2.05. The van der Waals surface area contributed by atoms with E-state index in [-0.39, 0.29) is 0 Å². The molecule has 4 N–H and O–H groups in total. The van der Waals surface area contributed by atoms with Crippen LogP contribution in [0.4, 0.5) is 4.79 Å². The molecule has 1 aliphatic rings. The maximum atomic E-state index is 10.4. The summed E-state index contributed by atoms with van der Waals surface area (Å²) in [5.41, 5.74) is 10.8. The summed E-state index contributed by atoms with van der Waals surface area (Å²) in [6, 6.07) is -0.646. The molecule has 0 atom stereocenters. The molecule has 0 unspecified atom stereocenters. The fourth-order valence-electron chi connectivity index (χ4n) is 1.79. The van der Waals surface area contributed by atoms with Crippen LogP contribution < -0.4 is 11.2 Å². The fourth-order valence-corrected chi connectivity index (χ4v) is 1.79. The van der Waals surface area contributed by atoms with Gasteiger partial charge in [-0.3, -0.25) is 0 Å². The number of carbonyl (C=O) groups excluding carboxylic acids is 1. The number of urea groups is 1. The van der Waals surface area contributed by atoms with Gasteiger partial charge in [0.05, 0.1) is 0 Å². The van der Waals surface area contributed by atoms with Crippen LogP contribution in [0.1, 0.15) is 23.2 Å². The Hall–Kier alpha value is -2.04. The third-order valence-electron chi connectivity index (χ3n) is 2.51. The van der Waals surface area contributed by atoms with Gasteiger partial charge in [-0.2, -0.15) is 5.10 Å². The van der Waals surface area contributed by atoms with E-state index in [4.69, 9.17) is 5.73 Å². The Bertz CT molecular complexity index is 445. The number of aromatic nitrogens is 1. The minimum atomic E-state index is -0.646. The third kappa shape index (κ3) is 2.31. The zero-order valence-electron chi connectivity index (χ0n) is 8.86. The van der Waals surface area contributed by atoms with Gasteiger partial charge < -0.3 is 10.7 Å². The predicted octanol–water partition coefficient (Wildman–Crippen LogP) is 1.17. The molecular formula is C11H14N4O. The summed E-state index contributed by atoms with van der Waals surface area (Å²) < 4.78 is 0. The van der Waals surface area contributed by atoms with E-state index in [2.05, 4.69) is 27.7 Å². The van der Waals surface area contributed by atoms with Crippen LogP contribution in [0.2, 0.25) is 0 Å². The van der Waals surface area contributed by atoms with Gasteiger partial charge >= 0.3 is 6.03 Å². The average molecular weight is 218 g/mol. The maximum absolute atomic E-state index is 10.4. The van der Waals surface area contributed by atoms with Crippen molar-refractivity contribution in [3.05, 3.63) is 29.1 Å². The van der Waals surface area contributed by atoms with Crippen LogP contribution in [-0.2, 0) is 12.8 Å². The summed E-state index contributed by atoms with van der Waals surface area (Å²) in [7, 11) is 0. The van der Waals surface area contributed by atoms with E-state index in [9.17, 15) is 4.79 Å². The number of amides is 2. The molecule has 1 aliphatic carbocycles. The van der Waals surface area contributed by atoms with Gasteiger partial charge in [0.1, 0.15) is 0 Å². The number of nitrogens with one attached hydrogen (secondary N) is 2. The van der Waals surface area contributed by atoms with Crippen LogP contribution in [0.3, 0.4) is 0 Å². The van der Waals surface area contributed by atoms with Gasteiger partial charge in [-0.25, -0.2) is 10.2 Å². The number of aryl methyl sites for hydroxylation is 1. The number of H-pyrrole nitrogens is 1. The van der Waals surface area contributed by atoms with Crippen LogP contribution in [0.25, 0.3) is 6.08 Å². The number of carbonyl (C=O) groups is 1. The van der Waals surface area contributed by atoms with Crippen molar-refractivity contribution in [2.24, 2.45) is 10.8 Å². The number of rotatable bonds is 3. The van der Waals surface area contributed by atoms with Crippen molar-refractivity contribution in [3.63, 3.8) is 0 Å². The van der Waals surface area contributed by atoms with E-state index < -0.39 is 6.03 Å². The van der Waals surface area contributed by atoms with Crippen molar-refractivity contribution in [2.45, 2.75) is 19.3 Å². The van der Waals surface area contributed by atoms with Gasteiger partial charge in [-0.15, -0.1) is 0 Å². The summed E-state index contributed by atoms with van der Waals surface area (Å²) in [6.45, 7) is 0. The first-order valence-corrected chi connectivity index (χ1v) is 5.20. The van der Waals surface area contributed by atoms with Gasteiger partial charge in [-0.05, 0) is 24.0 Å². The molecule has 2 rings (SSSR count). The number of fused-ring (bicyclic) bond motifs is 1. The van der Waals surface area contributed by atoms with Crippen LogP contribution in [-0.4, -0.2) is 17.2 Å².